The fourth-order valence-corrected chi connectivity index (χ4v) is 1.57. The molecule has 0 aliphatic heterocycles. The molecule has 0 saturated carbocycles. The van der Waals surface area contributed by atoms with Crippen LogP contribution in [0.3, 0.4) is 0 Å². The molecule has 0 aromatic heterocycles. The maximum atomic E-state index is 11.4. The van der Waals surface area contributed by atoms with Gasteiger partial charge >= 0.3 is 5.97 Å². The van der Waals surface area contributed by atoms with Crippen LogP contribution in [0.25, 0.3) is 0 Å². The first-order valence-corrected chi connectivity index (χ1v) is 6.43. The highest BCUT2D eigenvalue weighted by Crippen LogP contribution is 2.12. The number of hydrogen-bond acceptors (Lipinski definition) is 3. The minimum atomic E-state index is -1.00. The van der Waals surface area contributed by atoms with Crippen LogP contribution in [0.4, 0.5) is 0 Å². The molecule has 2 N–H and O–H groups in total. The van der Waals surface area contributed by atoms with Crippen molar-refractivity contribution in [3.63, 3.8) is 0 Å². The minimum Gasteiger partial charge on any atom is -0.482 e. The average Bonchev–Trinajstić information content (AvgIpc) is 2.44. The highest BCUT2D eigenvalue weighted by Gasteiger charge is 2.01. The molecule has 20 heavy (non-hydrogen) atoms. The number of nitrogens with one attached hydrogen (secondary N) is 1. The fraction of sp³-hybridized carbons (Fsp3) is 0.333. The molecule has 0 aliphatic carbocycles. The van der Waals surface area contributed by atoms with E-state index in [1.165, 1.54) is 0 Å². The van der Waals surface area contributed by atoms with Crippen molar-refractivity contribution >= 4 is 11.9 Å². The Labute approximate surface area is 118 Å². The third kappa shape index (κ3) is 6.58. The third-order valence-electron chi connectivity index (χ3n) is 2.60. The van der Waals surface area contributed by atoms with Crippen LogP contribution < -0.4 is 10.1 Å². The van der Waals surface area contributed by atoms with Gasteiger partial charge < -0.3 is 15.2 Å². The Balaban J connectivity index is 2.29. The van der Waals surface area contributed by atoms with Gasteiger partial charge in [-0.2, -0.15) is 0 Å². The van der Waals surface area contributed by atoms with Crippen molar-refractivity contribution in [2.75, 3.05) is 13.2 Å². The molecule has 1 aromatic carbocycles. The van der Waals surface area contributed by atoms with Gasteiger partial charge in [-0.1, -0.05) is 18.2 Å². The van der Waals surface area contributed by atoms with Gasteiger partial charge in [0.15, 0.2) is 6.61 Å². The number of carboxylic acids is 1. The number of carbonyl (C=O) groups is 2. The van der Waals surface area contributed by atoms with Gasteiger partial charge in [-0.15, -0.1) is 6.58 Å². The maximum absolute atomic E-state index is 11.4. The molecule has 1 aromatic rings. The topological polar surface area (TPSA) is 75.6 Å². The van der Waals surface area contributed by atoms with Gasteiger partial charge in [-0.05, 0) is 30.5 Å². The Bertz CT molecular complexity index is 453. The molecule has 1 amide bonds. The van der Waals surface area contributed by atoms with Crippen LogP contribution in [-0.4, -0.2) is 30.1 Å². The highest BCUT2D eigenvalue weighted by atomic mass is 16.5. The fourth-order valence-electron chi connectivity index (χ4n) is 1.57. The first-order chi connectivity index (χ1) is 9.61. The summed E-state index contributed by atoms with van der Waals surface area (Å²) in [6.07, 6.45) is 3.58. The van der Waals surface area contributed by atoms with Crippen molar-refractivity contribution in [1.29, 1.82) is 0 Å². The van der Waals surface area contributed by atoms with Gasteiger partial charge in [-0.25, -0.2) is 4.79 Å². The van der Waals surface area contributed by atoms with Gasteiger partial charge in [0.05, 0.1) is 0 Å². The summed E-state index contributed by atoms with van der Waals surface area (Å²) in [5.41, 5.74) is 1.05. The van der Waals surface area contributed by atoms with Gasteiger partial charge in [-0.3, -0.25) is 4.79 Å². The SMILES string of the molecule is C=CCCC(=O)NCCc1ccc(OCC(=O)O)cc1. The summed E-state index contributed by atoms with van der Waals surface area (Å²) in [6, 6.07) is 7.15. The molecule has 0 aliphatic rings. The smallest absolute Gasteiger partial charge is 0.341 e. The van der Waals surface area contributed by atoms with Gasteiger partial charge in [0.25, 0.3) is 0 Å². The normalized spacial score (nSPS) is 9.80. The third-order valence-corrected chi connectivity index (χ3v) is 2.60. The van der Waals surface area contributed by atoms with Crippen molar-refractivity contribution in [1.82, 2.24) is 5.32 Å². The molecule has 5 heteroatoms. The number of rotatable bonds is 9. The summed E-state index contributed by atoms with van der Waals surface area (Å²) >= 11 is 0. The van der Waals surface area contributed by atoms with E-state index in [9.17, 15) is 9.59 Å². The van der Waals surface area contributed by atoms with E-state index in [1.54, 1.807) is 18.2 Å². The lowest BCUT2D eigenvalue weighted by Gasteiger charge is -2.06. The number of amides is 1. The molecule has 108 valence electrons. The molecule has 0 spiro atoms. The second-order valence-corrected chi connectivity index (χ2v) is 4.25. The summed E-state index contributed by atoms with van der Waals surface area (Å²) < 4.78 is 5.03. The molecule has 0 unspecified atom stereocenters. The van der Waals surface area contributed by atoms with E-state index in [0.717, 1.165) is 12.0 Å². The molecule has 0 atom stereocenters. The van der Waals surface area contributed by atoms with E-state index >= 15 is 0 Å². The molecule has 5 nitrogen and oxygen atoms in total. The van der Waals surface area contributed by atoms with Crippen molar-refractivity contribution in [3.8, 4) is 5.75 Å². The number of carbonyl (C=O) groups excluding carboxylic acids is 1. The van der Waals surface area contributed by atoms with Gasteiger partial charge in [0.1, 0.15) is 5.75 Å². The lowest BCUT2D eigenvalue weighted by atomic mass is 10.1. The van der Waals surface area contributed by atoms with E-state index in [1.807, 2.05) is 12.1 Å². The first kappa shape index (κ1) is 15.8. The second kappa shape index (κ2) is 8.74. The molecule has 0 saturated heterocycles. The van der Waals surface area contributed by atoms with Gasteiger partial charge in [0.2, 0.25) is 5.91 Å². The van der Waals surface area contributed by atoms with Crippen molar-refractivity contribution in [3.05, 3.63) is 42.5 Å². The summed E-state index contributed by atoms with van der Waals surface area (Å²) in [6.45, 7) is 3.79. The first-order valence-electron chi connectivity index (χ1n) is 6.43. The van der Waals surface area contributed by atoms with E-state index in [-0.39, 0.29) is 12.5 Å². The molecule has 0 bridgehead atoms. The number of aliphatic carboxylic acids is 1. The molecular formula is C15H19NO4. The molecular weight excluding hydrogens is 258 g/mol. The summed E-state index contributed by atoms with van der Waals surface area (Å²) in [7, 11) is 0. The number of benzene rings is 1. The quantitative estimate of drug-likeness (QED) is 0.675. The standard InChI is InChI=1S/C15H19NO4/c1-2-3-4-14(17)16-10-9-12-5-7-13(8-6-12)20-11-15(18)19/h2,5-8H,1,3-4,9-11H2,(H,16,17)(H,18,19). The maximum Gasteiger partial charge on any atom is 0.341 e. The van der Waals surface area contributed by atoms with E-state index in [0.29, 0.717) is 25.1 Å². The molecule has 0 heterocycles. The highest BCUT2D eigenvalue weighted by molar-refractivity contribution is 5.75. The zero-order chi connectivity index (χ0) is 14.8. The van der Waals surface area contributed by atoms with Crippen molar-refractivity contribution in [2.45, 2.75) is 19.3 Å². The van der Waals surface area contributed by atoms with Crippen LogP contribution in [0.5, 0.6) is 5.75 Å². The summed E-state index contributed by atoms with van der Waals surface area (Å²) in [5.74, 6) is -0.464. The summed E-state index contributed by atoms with van der Waals surface area (Å²) in [4.78, 5) is 21.7. The van der Waals surface area contributed by atoms with Crippen LogP contribution in [0, 0.1) is 0 Å². The number of allylic oxidation sites excluding steroid dienone is 1. The number of carboxylic acid groups (broad SMARTS) is 1. The lowest BCUT2D eigenvalue weighted by Crippen LogP contribution is -2.25. The number of hydrogen-bond donors (Lipinski definition) is 2. The van der Waals surface area contributed by atoms with Gasteiger partial charge in [0, 0.05) is 13.0 Å². The average molecular weight is 277 g/mol. The van der Waals surface area contributed by atoms with Crippen LogP contribution in [0.1, 0.15) is 18.4 Å². The Kier molecular flexibility index (Phi) is 6.89. The summed E-state index contributed by atoms with van der Waals surface area (Å²) in [5, 5.41) is 11.3. The zero-order valence-corrected chi connectivity index (χ0v) is 11.3. The molecule has 1 rings (SSSR count). The van der Waals surface area contributed by atoms with Crippen LogP contribution in [-0.2, 0) is 16.0 Å². The predicted octanol–water partition coefficient (Wildman–Crippen LogP) is 1.77. The largest absolute Gasteiger partial charge is 0.482 e. The van der Waals surface area contributed by atoms with E-state index in [2.05, 4.69) is 11.9 Å². The Morgan fingerprint density at radius 3 is 2.60 bits per heavy atom. The zero-order valence-electron chi connectivity index (χ0n) is 11.3. The lowest BCUT2D eigenvalue weighted by molar-refractivity contribution is -0.139. The second-order valence-electron chi connectivity index (χ2n) is 4.25. The van der Waals surface area contributed by atoms with Crippen LogP contribution >= 0.6 is 0 Å². The van der Waals surface area contributed by atoms with E-state index in [4.69, 9.17) is 9.84 Å². The van der Waals surface area contributed by atoms with Crippen LogP contribution in [0.15, 0.2) is 36.9 Å². The number of ether oxygens (including phenoxy) is 1. The molecule has 0 fully saturated rings. The van der Waals surface area contributed by atoms with Crippen LogP contribution in [0.2, 0.25) is 0 Å². The van der Waals surface area contributed by atoms with E-state index < -0.39 is 5.97 Å². The van der Waals surface area contributed by atoms with Crippen molar-refractivity contribution < 1.29 is 19.4 Å². The Hall–Kier alpha value is -2.30. The minimum absolute atomic E-state index is 0.0197. The predicted molar refractivity (Wildman–Crippen MR) is 75.7 cm³/mol. The Morgan fingerprint density at radius 1 is 1.30 bits per heavy atom. The molecule has 0 radical (unpaired) electrons. The Morgan fingerprint density at radius 2 is 2.00 bits per heavy atom. The monoisotopic (exact) mass is 277 g/mol. The van der Waals surface area contributed by atoms with Crippen molar-refractivity contribution in [2.24, 2.45) is 0 Å².